The van der Waals surface area contributed by atoms with Gasteiger partial charge in [-0.25, -0.2) is 0 Å². The van der Waals surface area contributed by atoms with Crippen molar-refractivity contribution in [2.75, 3.05) is 39.3 Å². The molecule has 0 aliphatic carbocycles. The molecule has 0 spiro atoms. The van der Waals surface area contributed by atoms with E-state index in [1.54, 1.807) is 0 Å². The predicted molar refractivity (Wildman–Crippen MR) is 127 cm³/mol. The lowest BCUT2D eigenvalue weighted by molar-refractivity contribution is -0.775. The van der Waals surface area contributed by atoms with Crippen LogP contribution >= 0.6 is 11.3 Å². The van der Waals surface area contributed by atoms with Gasteiger partial charge in [-0.15, -0.1) is 0 Å². The molecule has 6 nitrogen and oxygen atoms in total. The van der Waals surface area contributed by atoms with Gasteiger partial charge in [0.25, 0.3) is 5.13 Å². The maximum absolute atomic E-state index is 12.6. The molecule has 2 N–H and O–H groups in total. The monoisotopic (exact) mass is 440 g/mol. The molecule has 1 unspecified atom stereocenters. The van der Waals surface area contributed by atoms with Crippen LogP contribution in [0.3, 0.4) is 0 Å². The highest BCUT2D eigenvalue weighted by Gasteiger charge is 2.13. The highest BCUT2D eigenvalue weighted by Crippen LogP contribution is 2.21. The van der Waals surface area contributed by atoms with Crippen molar-refractivity contribution in [3.05, 3.63) is 64.5 Å². The summed E-state index contributed by atoms with van der Waals surface area (Å²) in [6, 6.07) is 8.13. The molecule has 1 aromatic heterocycles. The van der Waals surface area contributed by atoms with Gasteiger partial charge in [0.2, 0.25) is 0 Å². The molecule has 166 valence electrons. The van der Waals surface area contributed by atoms with Crippen LogP contribution in [0.2, 0.25) is 0 Å². The maximum atomic E-state index is 12.6. The second kappa shape index (κ2) is 11.4. The SMILES string of the molecule is [O-][NH+](CCc1cccc(OCCCN2CCCCC2)c1)c1nc(C2=CCNC=C2)cs1. The fraction of sp³-hybridized carbons (Fsp3) is 0.458. The molecule has 4 rings (SSSR count). The number of hydrogen-bond donors (Lipinski definition) is 2. The quantitative estimate of drug-likeness (QED) is 0.439. The summed E-state index contributed by atoms with van der Waals surface area (Å²) in [6.45, 7) is 5.57. The van der Waals surface area contributed by atoms with Gasteiger partial charge in [0, 0.05) is 30.5 Å². The molecule has 2 aliphatic heterocycles. The van der Waals surface area contributed by atoms with Gasteiger partial charge in [0.1, 0.15) is 5.75 Å². The third-order valence-corrected chi connectivity index (χ3v) is 6.62. The van der Waals surface area contributed by atoms with Gasteiger partial charge < -0.3 is 25.2 Å². The summed E-state index contributed by atoms with van der Waals surface area (Å²) in [5.41, 5.74) is 3.08. The number of aromatic nitrogens is 1. The number of hydrogen-bond acceptors (Lipinski definition) is 6. The van der Waals surface area contributed by atoms with Crippen LogP contribution in [0.4, 0.5) is 5.13 Å². The lowest BCUT2D eigenvalue weighted by Gasteiger charge is -2.26. The molecule has 1 saturated heterocycles. The number of thiazole rings is 1. The first kappa shape index (κ1) is 22.0. The summed E-state index contributed by atoms with van der Waals surface area (Å²) < 4.78 is 5.96. The van der Waals surface area contributed by atoms with E-state index < -0.39 is 0 Å². The van der Waals surface area contributed by atoms with Crippen molar-refractivity contribution >= 4 is 22.0 Å². The first-order chi connectivity index (χ1) is 15.3. The van der Waals surface area contributed by atoms with Crippen molar-refractivity contribution in [2.45, 2.75) is 32.1 Å². The van der Waals surface area contributed by atoms with Gasteiger partial charge in [-0.2, -0.15) is 4.98 Å². The Balaban J connectivity index is 1.22. The molecule has 0 amide bonds. The van der Waals surface area contributed by atoms with Crippen LogP contribution in [0.5, 0.6) is 5.75 Å². The number of hydroxylamine groups is 1. The number of dihydropyridines is 1. The van der Waals surface area contributed by atoms with E-state index in [1.807, 2.05) is 29.8 Å². The number of benzene rings is 1. The van der Waals surface area contributed by atoms with Gasteiger partial charge in [-0.3, -0.25) is 0 Å². The molecule has 7 heteroatoms. The number of allylic oxidation sites excluding steroid dienone is 2. The van der Waals surface area contributed by atoms with E-state index in [2.05, 4.69) is 33.4 Å². The largest absolute Gasteiger partial charge is 0.627 e. The van der Waals surface area contributed by atoms with Crippen molar-refractivity contribution in [3.8, 4) is 5.75 Å². The molecule has 1 fully saturated rings. The van der Waals surface area contributed by atoms with Crippen LogP contribution in [0.15, 0.2) is 48.0 Å². The summed E-state index contributed by atoms with van der Waals surface area (Å²) in [5.74, 6) is 0.893. The second-order valence-electron chi connectivity index (χ2n) is 8.11. The molecule has 0 radical (unpaired) electrons. The van der Waals surface area contributed by atoms with Crippen molar-refractivity contribution < 1.29 is 9.80 Å². The molecule has 1 atom stereocenters. The highest BCUT2D eigenvalue weighted by molar-refractivity contribution is 7.13. The van der Waals surface area contributed by atoms with E-state index >= 15 is 0 Å². The van der Waals surface area contributed by atoms with Gasteiger partial charge >= 0.3 is 0 Å². The van der Waals surface area contributed by atoms with Crippen LogP contribution in [0, 0.1) is 5.21 Å². The van der Waals surface area contributed by atoms with Gasteiger partial charge in [-0.1, -0.05) is 36.0 Å². The summed E-state index contributed by atoms with van der Waals surface area (Å²) in [4.78, 5) is 7.08. The van der Waals surface area contributed by atoms with Crippen LogP contribution in [-0.2, 0) is 6.42 Å². The third-order valence-electron chi connectivity index (χ3n) is 5.73. The van der Waals surface area contributed by atoms with Crippen molar-refractivity contribution in [1.29, 1.82) is 0 Å². The Labute approximate surface area is 188 Å². The highest BCUT2D eigenvalue weighted by atomic mass is 32.1. The summed E-state index contributed by atoms with van der Waals surface area (Å²) >= 11 is 1.43. The molecule has 0 saturated carbocycles. The van der Waals surface area contributed by atoms with Crippen LogP contribution in [-0.4, -0.2) is 49.2 Å². The smallest absolute Gasteiger partial charge is 0.285 e. The number of rotatable bonds is 10. The number of nitrogens with zero attached hydrogens (tertiary/aromatic N) is 2. The van der Waals surface area contributed by atoms with Gasteiger partial charge in [-0.05, 0) is 62.3 Å². The predicted octanol–water partition coefficient (Wildman–Crippen LogP) is 3.16. The number of likely N-dealkylation sites (tertiary alicyclic amines) is 1. The zero-order valence-electron chi connectivity index (χ0n) is 18.0. The first-order valence-electron chi connectivity index (χ1n) is 11.3. The van der Waals surface area contributed by atoms with Crippen LogP contribution < -0.4 is 15.1 Å². The van der Waals surface area contributed by atoms with E-state index in [0.29, 0.717) is 18.1 Å². The van der Waals surface area contributed by atoms with Crippen molar-refractivity contribution in [2.24, 2.45) is 0 Å². The number of nitrogens with one attached hydrogen (secondary N) is 2. The summed E-state index contributed by atoms with van der Waals surface area (Å²) in [7, 11) is 0. The Kier molecular flexibility index (Phi) is 8.12. The van der Waals surface area contributed by atoms with Crippen LogP contribution in [0.1, 0.15) is 36.9 Å². The van der Waals surface area contributed by atoms with Crippen molar-refractivity contribution in [1.82, 2.24) is 15.2 Å². The first-order valence-corrected chi connectivity index (χ1v) is 12.2. The summed E-state index contributed by atoms with van der Waals surface area (Å²) in [6.07, 6.45) is 11.8. The molecule has 3 heterocycles. The van der Waals surface area contributed by atoms with E-state index in [9.17, 15) is 5.21 Å². The fourth-order valence-electron chi connectivity index (χ4n) is 3.99. The maximum Gasteiger partial charge on any atom is 0.285 e. The van der Waals surface area contributed by atoms with Gasteiger partial charge in [0.15, 0.2) is 0 Å². The van der Waals surface area contributed by atoms with E-state index in [-0.39, 0.29) is 5.06 Å². The zero-order chi connectivity index (χ0) is 21.3. The second-order valence-corrected chi connectivity index (χ2v) is 8.97. The Morgan fingerprint density at radius 3 is 2.97 bits per heavy atom. The van der Waals surface area contributed by atoms with Gasteiger partial charge in [0.05, 0.1) is 18.8 Å². The average molecular weight is 441 g/mol. The number of quaternary nitrogens is 1. The number of piperidine rings is 1. The topological polar surface area (TPSA) is 64.9 Å². The van der Waals surface area contributed by atoms with Crippen LogP contribution in [0.25, 0.3) is 5.57 Å². The molecule has 2 aromatic rings. The third kappa shape index (κ3) is 6.64. The van der Waals surface area contributed by atoms with Crippen molar-refractivity contribution in [3.63, 3.8) is 0 Å². The molecular formula is C24H32N4O2S. The van der Waals surface area contributed by atoms with E-state index in [0.717, 1.165) is 48.7 Å². The molecule has 31 heavy (non-hydrogen) atoms. The Morgan fingerprint density at radius 2 is 2.13 bits per heavy atom. The molecule has 2 aliphatic rings. The zero-order valence-corrected chi connectivity index (χ0v) is 18.8. The normalized spacial score (nSPS) is 17.8. The minimum Gasteiger partial charge on any atom is -0.627 e. The molecule has 0 bridgehead atoms. The Hall–Kier alpha value is -2.19. The Bertz CT molecular complexity index is 889. The fourth-order valence-corrected chi connectivity index (χ4v) is 4.79. The minimum atomic E-state index is 0.0996. The lowest BCUT2D eigenvalue weighted by atomic mass is 10.1. The lowest BCUT2D eigenvalue weighted by Crippen LogP contribution is -3.02. The average Bonchev–Trinajstić information content (AvgIpc) is 3.32. The minimum absolute atomic E-state index is 0.0996. The standard InChI is InChI=1S/C24H32N4O2S/c29-28(24-26-23(19-31-24)21-8-11-25-12-9-21)16-10-20-6-4-7-22(18-20)30-17-5-15-27-13-2-1-3-14-27/h4,6-9,11,18-19,25,28H,1-3,5,10,12-17H2. The molecule has 1 aromatic carbocycles. The number of ether oxygens (including phenoxy) is 1. The molecular weight excluding hydrogens is 408 g/mol. The van der Waals surface area contributed by atoms with E-state index in [4.69, 9.17) is 4.74 Å². The summed E-state index contributed by atoms with van der Waals surface area (Å²) in [5, 5.41) is 18.4. The van der Waals surface area contributed by atoms with E-state index in [1.165, 1.54) is 43.7 Å². The Morgan fingerprint density at radius 1 is 1.23 bits per heavy atom.